The molecular formula is C17H16ClFO2. The van der Waals surface area contributed by atoms with Crippen LogP contribution in [0.4, 0.5) is 4.39 Å². The van der Waals surface area contributed by atoms with Gasteiger partial charge in [0, 0.05) is 11.4 Å². The zero-order valence-corrected chi connectivity index (χ0v) is 12.2. The van der Waals surface area contributed by atoms with Crippen LogP contribution in [0.1, 0.15) is 29.2 Å². The van der Waals surface area contributed by atoms with Gasteiger partial charge in [-0.25, -0.2) is 4.39 Å². The molecule has 0 fully saturated rings. The number of hydrogen-bond donors (Lipinski definition) is 1. The summed E-state index contributed by atoms with van der Waals surface area (Å²) >= 11 is 5.81. The van der Waals surface area contributed by atoms with Gasteiger partial charge in [-0.1, -0.05) is 23.7 Å². The summed E-state index contributed by atoms with van der Waals surface area (Å²) in [6, 6.07) is 10.3. The van der Waals surface area contributed by atoms with Crippen LogP contribution in [0.5, 0.6) is 5.75 Å². The fourth-order valence-electron chi connectivity index (χ4n) is 2.63. The highest BCUT2D eigenvalue weighted by Crippen LogP contribution is 2.28. The Balaban J connectivity index is 1.66. The van der Waals surface area contributed by atoms with Crippen LogP contribution in [0.3, 0.4) is 0 Å². The third kappa shape index (κ3) is 3.36. The fourth-order valence-corrected chi connectivity index (χ4v) is 2.86. The molecule has 0 saturated carbocycles. The molecule has 0 aliphatic carbocycles. The molecule has 0 aromatic heterocycles. The topological polar surface area (TPSA) is 29.5 Å². The molecule has 0 saturated heterocycles. The zero-order valence-electron chi connectivity index (χ0n) is 11.5. The minimum Gasteiger partial charge on any atom is -0.493 e. The molecule has 2 aromatic rings. The Labute approximate surface area is 128 Å². The van der Waals surface area contributed by atoms with E-state index in [2.05, 4.69) is 6.07 Å². The molecule has 0 radical (unpaired) electrons. The maximum atomic E-state index is 13.3. The fraction of sp³-hybridized carbons (Fsp3) is 0.294. The van der Waals surface area contributed by atoms with Crippen LogP contribution in [0.25, 0.3) is 0 Å². The minimum absolute atomic E-state index is 0.304. The summed E-state index contributed by atoms with van der Waals surface area (Å²) < 4.78 is 18.8. The van der Waals surface area contributed by atoms with Crippen molar-refractivity contribution in [1.82, 2.24) is 0 Å². The van der Waals surface area contributed by atoms with Crippen molar-refractivity contribution in [2.45, 2.75) is 25.4 Å². The van der Waals surface area contributed by atoms with Gasteiger partial charge < -0.3 is 9.84 Å². The second kappa shape index (κ2) is 6.04. The van der Waals surface area contributed by atoms with E-state index in [-0.39, 0.29) is 0 Å². The van der Waals surface area contributed by atoms with Crippen molar-refractivity contribution >= 4 is 11.6 Å². The molecule has 1 N–H and O–H groups in total. The molecule has 1 heterocycles. The van der Waals surface area contributed by atoms with Crippen LogP contribution >= 0.6 is 11.6 Å². The van der Waals surface area contributed by atoms with E-state index in [0.717, 1.165) is 30.8 Å². The first-order valence-corrected chi connectivity index (χ1v) is 7.38. The Bertz CT molecular complexity index is 637. The lowest BCUT2D eigenvalue weighted by Crippen LogP contribution is -2.00. The third-order valence-electron chi connectivity index (χ3n) is 3.73. The van der Waals surface area contributed by atoms with Gasteiger partial charge in [0.25, 0.3) is 0 Å². The molecule has 0 spiro atoms. The summed E-state index contributed by atoms with van der Waals surface area (Å²) in [5.41, 5.74) is 2.89. The molecule has 0 amide bonds. The predicted molar refractivity (Wildman–Crippen MR) is 80.3 cm³/mol. The Morgan fingerprint density at radius 3 is 2.90 bits per heavy atom. The van der Waals surface area contributed by atoms with Crippen LogP contribution in [-0.4, -0.2) is 11.7 Å². The highest BCUT2D eigenvalue weighted by Gasteiger charge is 2.14. The summed E-state index contributed by atoms with van der Waals surface area (Å²) in [6.07, 6.45) is 1.47. The zero-order chi connectivity index (χ0) is 14.8. The van der Waals surface area contributed by atoms with Crippen molar-refractivity contribution in [2.24, 2.45) is 0 Å². The summed E-state index contributed by atoms with van der Waals surface area (Å²) in [6.45, 7) is 0.739. The van der Waals surface area contributed by atoms with Crippen LogP contribution in [0.15, 0.2) is 36.4 Å². The van der Waals surface area contributed by atoms with Gasteiger partial charge in [0.05, 0.1) is 12.7 Å². The largest absolute Gasteiger partial charge is 0.493 e. The molecule has 4 heteroatoms. The number of hydrogen-bond acceptors (Lipinski definition) is 2. The molecular weight excluding hydrogens is 291 g/mol. The molecule has 21 heavy (non-hydrogen) atoms. The summed E-state index contributed by atoms with van der Waals surface area (Å²) in [7, 11) is 0. The molecule has 1 atom stereocenters. The summed E-state index contributed by atoms with van der Waals surface area (Å²) in [5, 5.41) is 10.5. The number of aliphatic hydroxyl groups excluding tert-OH is 1. The molecule has 1 aliphatic rings. The van der Waals surface area contributed by atoms with Gasteiger partial charge in [-0.2, -0.15) is 0 Å². The van der Waals surface area contributed by atoms with E-state index < -0.39 is 11.9 Å². The maximum absolute atomic E-state index is 13.3. The van der Waals surface area contributed by atoms with Crippen molar-refractivity contribution in [3.63, 3.8) is 0 Å². The van der Waals surface area contributed by atoms with E-state index in [0.29, 0.717) is 17.0 Å². The summed E-state index contributed by atoms with van der Waals surface area (Å²) in [5.74, 6) is 0.530. The van der Waals surface area contributed by atoms with E-state index in [1.54, 1.807) is 6.07 Å². The number of rotatable bonds is 4. The monoisotopic (exact) mass is 306 g/mol. The predicted octanol–water partition coefficient (Wildman–Crippen LogP) is 4.08. The number of benzene rings is 2. The van der Waals surface area contributed by atoms with E-state index in [1.165, 1.54) is 17.7 Å². The Kier molecular flexibility index (Phi) is 4.13. The lowest BCUT2D eigenvalue weighted by molar-refractivity contribution is 0.167. The Morgan fingerprint density at radius 2 is 2.10 bits per heavy atom. The third-order valence-corrected chi connectivity index (χ3v) is 3.95. The minimum atomic E-state index is -0.720. The van der Waals surface area contributed by atoms with Gasteiger partial charge >= 0.3 is 0 Å². The maximum Gasteiger partial charge on any atom is 0.125 e. The van der Waals surface area contributed by atoms with Gasteiger partial charge in [0.2, 0.25) is 0 Å². The van der Waals surface area contributed by atoms with Crippen LogP contribution < -0.4 is 4.74 Å². The number of fused-ring (bicyclic) bond motifs is 1. The van der Waals surface area contributed by atoms with E-state index in [4.69, 9.17) is 16.3 Å². The quantitative estimate of drug-likeness (QED) is 0.922. The van der Waals surface area contributed by atoms with Gasteiger partial charge in [0.1, 0.15) is 11.6 Å². The smallest absolute Gasteiger partial charge is 0.125 e. The average Bonchev–Trinajstić information content (AvgIpc) is 2.91. The molecule has 110 valence electrons. The first kappa shape index (κ1) is 14.4. The molecule has 2 nitrogen and oxygen atoms in total. The highest BCUT2D eigenvalue weighted by atomic mass is 35.5. The number of halogens is 2. The lowest BCUT2D eigenvalue weighted by atomic mass is 9.99. The number of aliphatic hydroxyl groups is 1. The van der Waals surface area contributed by atoms with E-state index >= 15 is 0 Å². The van der Waals surface area contributed by atoms with Crippen LogP contribution in [0.2, 0.25) is 5.02 Å². The Morgan fingerprint density at radius 1 is 1.24 bits per heavy atom. The van der Waals surface area contributed by atoms with Crippen molar-refractivity contribution in [2.75, 3.05) is 6.61 Å². The molecule has 0 bridgehead atoms. The van der Waals surface area contributed by atoms with Crippen LogP contribution in [-0.2, 0) is 12.8 Å². The molecule has 1 aliphatic heterocycles. The molecule has 3 rings (SSSR count). The SMILES string of the molecule is OC(CCc1ccc2c(c1)CCO2)c1cc(F)cc(Cl)c1. The van der Waals surface area contributed by atoms with E-state index in [9.17, 15) is 9.50 Å². The standard InChI is InChI=1S/C17H16ClFO2/c18-14-8-13(9-15(19)10-14)16(20)3-1-11-2-4-17-12(7-11)5-6-21-17/h2,4,7-10,16,20H,1,3,5-6H2. The van der Waals surface area contributed by atoms with Crippen molar-refractivity contribution < 1.29 is 14.2 Å². The second-order valence-electron chi connectivity index (χ2n) is 5.30. The van der Waals surface area contributed by atoms with Gasteiger partial charge in [-0.3, -0.25) is 0 Å². The highest BCUT2D eigenvalue weighted by molar-refractivity contribution is 6.30. The number of aryl methyl sites for hydroxylation is 1. The van der Waals surface area contributed by atoms with E-state index in [1.807, 2.05) is 12.1 Å². The second-order valence-corrected chi connectivity index (χ2v) is 5.73. The normalized spacial score (nSPS) is 14.6. The lowest BCUT2D eigenvalue weighted by Gasteiger charge is -2.12. The Hall–Kier alpha value is -1.58. The van der Waals surface area contributed by atoms with Crippen molar-refractivity contribution in [3.05, 3.63) is 63.9 Å². The van der Waals surface area contributed by atoms with Gasteiger partial charge in [-0.05, 0) is 53.8 Å². The van der Waals surface area contributed by atoms with Crippen molar-refractivity contribution in [3.8, 4) is 5.75 Å². The van der Waals surface area contributed by atoms with Gasteiger partial charge in [-0.15, -0.1) is 0 Å². The molecule has 2 aromatic carbocycles. The first-order valence-electron chi connectivity index (χ1n) is 7.00. The van der Waals surface area contributed by atoms with Crippen LogP contribution in [0, 0.1) is 5.82 Å². The first-order chi connectivity index (χ1) is 10.1. The average molecular weight is 307 g/mol. The molecule has 1 unspecified atom stereocenters. The van der Waals surface area contributed by atoms with Gasteiger partial charge in [0.15, 0.2) is 0 Å². The summed E-state index contributed by atoms with van der Waals surface area (Å²) in [4.78, 5) is 0. The number of ether oxygens (including phenoxy) is 1. The van der Waals surface area contributed by atoms with Crippen molar-refractivity contribution in [1.29, 1.82) is 0 Å².